The lowest BCUT2D eigenvalue weighted by molar-refractivity contribution is -0.118. The van der Waals surface area contributed by atoms with Crippen molar-refractivity contribution < 1.29 is 4.79 Å². The molecule has 3 heteroatoms. The number of hydrogen-bond donors (Lipinski definition) is 1. The van der Waals surface area contributed by atoms with Gasteiger partial charge in [-0.3, -0.25) is 4.79 Å². The molecule has 1 aliphatic rings. The third-order valence-corrected chi connectivity index (χ3v) is 4.35. The Morgan fingerprint density at radius 3 is 2.59 bits per heavy atom. The molecule has 0 radical (unpaired) electrons. The van der Waals surface area contributed by atoms with Crippen molar-refractivity contribution in [3.05, 3.63) is 33.8 Å². The number of benzene rings is 1. The Morgan fingerprint density at radius 1 is 1.41 bits per heavy atom. The molecule has 92 valence electrons. The third-order valence-electron chi connectivity index (χ3n) is 3.90. The van der Waals surface area contributed by atoms with Crippen LogP contribution in [0.15, 0.2) is 22.7 Å². The maximum atomic E-state index is 11.1. The molecule has 1 aromatic carbocycles. The first kappa shape index (κ1) is 12.6. The number of hydrogen-bond acceptors (Lipinski definition) is 1. The summed E-state index contributed by atoms with van der Waals surface area (Å²) in [5.74, 6) is 0.636. The van der Waals surface area contributed by atoms with E-state index in [4.69, 9.17) is 5.73 Å². The first-order chi connectivity index (χ1) is 7.82. The van der Waals surface area contributed by atoms with E-state index in [2.05, 4.69) is 54.9 Å². The fourth-order valence-corrected chi connectivity index (χ4v) is 3.57. The SMILES string of the molecule is Cc1cc(Br)cc(C2C(CC(N)=O)C2(C)C)c1. The Kier molecular flexibility index (Phi) is 3.06. The molecule has 1 fully saturated rings. The van der Waals surface area contributed by atoms with Gasteiger partial charge in [0.2, 0.25) is 5.91 Å². The Morgan fingerprint density at radius 2 is 2.06 bits per heavy atom. The molecular weight excluding hydrogens is 278 g/mol. The molecule has 0 spiro atoms. The molecule has 0 heterocycles. The van der Waals surface area contributed by atoms with E-state index in [-0.39, 0.29) is 11.3 Å². The number of halogens is 1. The van der Waals surface area contributed by atoms with E-state index in [1.165, 1.54) is 11.1 Å². The summed E-state index contributed by atoms with van der Waals surface area (Å²) in [5.41, 5.74) is 8.05. The summed E-state index contributed by atoms with van der Waals surface area (Å²) < 4.78 is 1.10. The van der Waals surface area contributed by atoms with Gasteiger partial charge in [0.05, 0.1) is 0 Å². The Balaban J connectivity index is 2.26. The smallest absolute Gasteiger partial charge is 0.217 e. The van der Waals surface area contributed by atoms with Gasteiger partial charge in [-0.25, -0.2) is 0 Å². The lowest BCUT2D eigenvalue weighted by Crippen LogP contribution is -2.12. The molecule has 2 rings (SSSR count). The number of primary amides is 1. The standard InChI is InChI=1S/C14H18BrNO/c1-8-4-9(6-10(15)5-8)13-11(7-12(16)17)14(13,2)3/h4-6,11,13H,7H2,1-3H3,(H2,16,17). The Bertz CT molecular complexity index is 447. The van der Waals surface area contributed by atoms with Crippen molar-refractivity contribution in [1.82, 2.24) is 0 Å². The second kappa shape index (κ2) is 4.13. The molecule has 1 saturated carbocycles. The lowest BCUT2D eigenvalue weighted by atomic mass is 10.0. The maximum absolute atomic E-state index is 11.1. The van der Waals surface area contributed by atoms with E-state index in [9.17, 15) is 4.79 Å². The lowest BCUT2D eigenvalue weighted by Gasteiger charge is -2.05. The van der Waals surface area contributed by atoms with Crippen LogP contribution in [0.5, 0.6) is 0 Å². The topological polar surface area (TPSA) is 43.1 Å². The minimum atomic E-state index is -0.197. The van der Waals surface area contributed by atoms with Gasteiger partial charge in [-0.05, 0) is 47.4 Å². The number of carbonyl (C=O) groups excluding carboxylic acids is 1. The first-order valence-electron chi connectivity index (χ1n) is 5.87. The number of nitrogens with two attached hydrogens (primary N) is 1. The van der Waals surface area contributed by atoms with Crippen molar-refractivity contribution in [3.8, 4) is 0 Å². The number of rotatable bonds is 3. The van der Waals surface area contributed by atoms with Crippen LogP contribution in [-0.4, -0.2) is 5.91 Å². The van der Waals surface area contributed by atoms with Crippen LogP contribution >= 0.6 is 15.9 Å². The minimum Gasteiger partial charge on any atom is -0.370 e. The summed E-state index contributed by atoms with van der Waals surface area (Å²) in [6, 6.07) is 6.46. The van der Waals surface area contributed by atoms with Crippen molar-refractivity contribution in [2.24, 2.45) is 17.1 Å². The van der Waals surface area contributed by atoms with Crippen LogP contribution in [0.1, 0.15) is 37.3 Å². The van der Waals surface area contributed by atoms with Gasteiger partial charge in [-0.15, -0.1) is 0 Å². The third kappa shape index (κ3) is 2.39. The molecule has 1 aliphatic carbocycles. The largest absolute Gasteiger partial charge is 0.370 e. The fraction of sp³-hybridized carbons (Fsp3) is 0.500. The van der Waals surface area contributed by atoms with Crippen LogP contribution in [0.2, 0.25) is 0 Å². The van der Waals surface area contributed by atoms with Gasteiger partial charge in [0.15, 0.2) is 0 Å². The summed E-state index contributed by atoms with van der Waals surface area (Å²) in [6.07, 6.45) is 0.489. The number of carbonyl (C=O) groups is 1. The molecule has 0 bridgehead atoms. The van der Waals surface area contributed by atoms with Crippen molar-refractivity contribution in [1.29, 1.82) is 0 Å². The van der Waals surface area contributed by atoms with Crippen LogP contribution in [0, 0.1) is 18.3 Å². The van der Waals surface area contributed by atoms with Crippen molar-refractivity contribution in [2.45, 2.75) is 33.1 Å². The first-order valence-corrected chi connectivity index (χ1v) is 6.67. The van der Waals surface area contributed by atoms with Crippen LogP contribution in [-0.2, 0) is 4.79 Å². The number of aryl methyl sites for hydroxylation is 1. The molecular formula is C14H18BrNO. The highest BCUT2D eigenvalue weighted by Crippen LogP contribution is 2.65. The normalized spacial score (nSPS) is 25.6. The highest BCUT2D eigenvalue weighted by molar-refractivity contribution is 9.10. The molecule has 0 aromatic heterocycles. The zero-order valence-corrected chi connectivity index (χ0v) is 12.0. The van der Waals surface area contributed by atoms with E-state index in [0.29, 0.717) is 18.3 Å². The average Bonchev–Trinajstić information content (AvgIpc) is 2.64. The molecule has 1 amide bonds. The van der Waals surface area contributed by atoms with E-state index in [1.807, 2.05) is 0 Å². The highest BCUT2D eigenvalue weighted by atomic mass is 79.9. The fourth-order valence-electron chi connectivity index (χ4n) is 2.95. The van der Waals surface area contributed by atoms with Gasteiger partial charge < -0.3 is 5.73 Å². The predicted molar refractivity (Wildman–Crippen MR) is 72.7 cm³/mol. The van der Waals surface area contributed by atoms with Gasteiger partial charge in [-0.1, -0.05) is 35.8 Å². The maximum Gasteiger partial charge on any atom is 0.217 e. The highest BCUT2D eigenvalue weighted by Gasteiger charge is 2.58. The van der Waals surface area contributed by atoms with E-state index >= 15 is 0 Å². The van der Waals surface area contributed by atoms with E-state index in [1.54, 1.807) is 0 Å². The summed E-state index contributed by atoms with van der Waals surface area (Å²) in [7, 11) is 0. The van der Waals surface area contributed by atoms with Crippen molar-refractivity contribution in [3.63, 3.8) is 0 Å². The summed E-state index contributed by atoms with van der Waals surface area (Å²) in [5, 5.41) is 0. The van der Waals surface area contributed by atoms with Crippen molar-refractivity contribution >= 4 is 21.8 Å². The Labute approximate surface area is 111 Å². The zero-order valence-electron chi connectivity index (χ0n) is 10.5. The molecule has 17 heavy (non-hydrogen) atoms. The Hall–Kier alpha value is -0.830. The summed E-state index contributed by atoms with van der Waals surface area (Å²) in [4.78, 5) is 11.1. The van der Waals surface area contributed by atoms with Gasteiger partial charge in [-0.2, -0.15) is 0 Å². The molecule has 1 aromatic rings. The van der Waals surface area contributed by atoms with Gasteiger partial charge in [0.25, 0.3) is 0 Å². The predicted octanol–water partition coefficient (Wildman–Crippen LogP) is 3.37. The molecule has 0 saturated heterocycles. The second-order valence-electron chi connectivity index (χ2n) is 5.64. The molecule has 2 atom stereocenters. The van der Waals surface area contributed by atoms with E-state index in [0.717, 1.165) is 4.47 Å². The quantitative estimate of drug-likeness (QED) is 0.913. The minimum absolute atomic E-state index is 0.183. The van der Waals surface area contributed by atoms with Crippen LogP contribution in [0.3, 0.4) is 0 Å². The number of amides is 1. The molecule has 0 aliphatic heterocycles. The van der Waals surface area contributed by atoms with Gasteiger partial charge in [0.1, 0.15) is 0 Å². The molecule has 2 nitrogen and oxygen atoms in total. The van der Waals surface area contributed by atoms with Crippen molar-refractivity contribution in [2.75, 3.05) is 0 Å². The van der Waals surface area contributed by atoms with Crippen LogP contribution in [0.25, 0.3) is 0 Å². The summed E-state index contributed by atoms with van der Waals surface area (Å²) in [6.45, 7) is 6.51. The molecule has 2 N–H and O–H groups in total. The monoisotopic (exact) mass is 295 g/mol. The van der Waals surface area contributed by atoms with Crippen LogP contribution in [0.4, 0.5) is 0 Å². The average molecular weight is 296 g/mol. The van der Waals surface area contributed by atoms with Gasteiger partial charge >= 0.3 is 0 Å². The molecule has 2 unspecified atom stereocenters. The zero-order chi connectivity index (χ0) is 12.8. The second-order valence-corrected chi connectivity index (χ2v) is 6.55. The van der Waals surface area contributed by atoms with E-state index < -0.39 is 0 Å². The van der Waals surface area contributed by atoms with Gasteiger partial charge in [0, 0.05) is 10.9 Å². The summed E-state index contributed by atoms with van der Waals surface area (Å²) >= 11 is 3.53. The van der Waals surface area contributed by atoms with Crippen LogP contribution < -0.4 is 5.73 Å².